The second kappa shape index (κ2) is 8.90. The van der Waals surface area contributed by atoms with E-state index in [0.717, 1.165) is 22.9 Å². The lowest BCUT2D eigenvalue weighted by atomic mass is 10.0. The molecule has 1 amide bonds. The highest BCUT2D eigenvalue weighted by Crippen LogP contribution is 2.28. The number of nitrogens with one attached hydrogen (secondary N) is 1. The van der Waals surface area contributed by atoms with Crippen molar-refractivity contribution in [2.75, 3.05) is 5.32 Å². The number of anilines is 1. The van der Waals surface area contributed by atoms with Gasteiger partial charge in [-0.05, 0) is 11.5 Å². The zero-order valence-corrected chi connectivity index (χ0v) is 14.5. The Balaban J connectivity index is 1.80. The summed E-state index contributed by atoms with van der Waals surface area (Å²) in [5.74, 6) is 1.29. The zero-order valence-electron chi connectivity index (χ0n) is 12.9. The highest BCUT2D eigenvalue weighted by molar-refractivity contribution is 8.00. The van der Waals surface area contributed by atoms with Gasteiger partial charge in [0.05, 0.1) is 0 Å². The quantitative estimate of drug-likeness (QED) is 0.566. The highest BCUT2D eigenvalue weighted by atomic mass is 32.2. The summed E-state index contributed by atoms with van der Waals surface area (Å²) in [5.41, 5.74) is 1.25. The van der Waals surface area contributed by atoms with Crippen molar-refractivity contribution in [1.82, 2.24) is 10.2 Å². The topological polar surface area (TPSA) is 54.9 Å². The summed E-state index contributed by atoms with van der Waals surface area (Å²) in [4.78, 5) is 11.9. The molecule has 0 fully saturated rings. The van der Waals surface area contributed by atoms with E-state index in [4.69, 9.17) is 0 Å². The first-order valence-electron chi connectivity index (χ1n) is 7.47. The van der Waals surface area contributed by atoms with Crippen molar-refractivity contribution in [3.63, 3.8) is 0 Å². The van der Waals surface area contributed by atoms with Gasteiger partial charge in [0.25, 0.3) is 0 Å². The molecule has 4 nitrogen and oxygen atoms in total. The maximum absolute atomic E-state index is 11.9. The van der Waals surface area contributed by atoms with E-state index in [9.17, 15) is 4.79 Å². The normalized spacial score (nSPS) is 12.1. The van der Waals surface area contributed by atoms with Crippen molar-refractivity contribution >= 4 is 34.1 Å². The Morgan fingerprint density at radius 3 is 2.82 bits per heavy atom. The van der Waals surface area contributed by atoms with Gasteiger partial charge < -0.3 is 5.32 Å². The molecule has 2 rings (SSSR count). The lowest BCUT2D eigenvalue weighted by molar-refractivity contribution is -0.117. The van der Waals surface area contributed by atoms with Crippen LogP contribution in [0.25, 0.3) is 0 Å². The van der Waals surface area contributed by atoms with E-state index in [1.807, 2.05) is 18.2 Å². The molecule has 0 aliphatic heterocycles. The summed E-state index contributed by atoms with van der Waals surface area (Å²) in [7, 11) is 0. The molecule has 0 saturated heterocycles. The third-order valence-electron chi connectivity index (χ3n) is 3.17. The Morgan fingerprint density at radius 2 is 2.09 bits per heavy atom. The van der Waals surface area contributed by atoms with Crippen molar-refractivity contribution in [3.05, 3.63) is 35.9 Å². The molecule has 2 aromatic rings. The van der Waals surface area contributed by atoms with E-state index in [-0.39, 0.29) is 5.91 Å². The molecule has 0 radical (unpaired) electrons. The Morgan fingerprint density at radius 1 is 1.32 bits per heavy atom. The number of benzene rings is 1. The van der Waals surface area contributed by atoms with Gasteiger partial charge in [-0.1, -0.05) is 80.1 Å². The Bertz CT molecular complexity index is 586. The molecule has 118 valence electrons. The van der Waals surface area contributed by atoms with Crippen molar-refractivity contribution in [3.8, 4) is 0 Å². The van der Waals surface area contributed by atoms with Crippen molar-refractivity contribution in [2.24, 2.45) is 5.92 Å². The van der Waals surface area contributed by atoms with Gasteiger partial charge >= 0.3 is 0 Å². The van der Waals surface area contributed by atoms with Crippen LogP contribution in [-0.2, 0) is 10.5 Å². The van der Waals surface area contributed by atoms with Crippen LogP contribution in [-0.4, -0.2) is 16.1 Å². The third-order valence-corrected chi connectivity index (χ3v) is 5.22. The lowest BCUT2D eigenvalue weighted by Gasteiger charge is -2.08. The smallest absolute Gasteiger partial charge is 0.226 e. The third kappa shape index (κ3) is 5.77. The molecule has 1 aromatic carbocycles. The van der Waals surface area contributed by atoms with Crippen LogP contribution < -0.4 is 5.32 Å². The molecule has 0 bridgehead atoms. The van der Waals surface area contributed by atoms with E-state index in [1.165, 1.54) is 16.9 Å². The van der Waals surface area contributed by atoms with Crippen molar-refractivity contribution in [1.29, 1.82) is 0 Å². The number of aromatic nitrogens is 2. The summed E-state index contributed by atoms with van der Waals surface area (Å²) < 4.78 is 0.876. The van der Waals surface area contributed by atoms with E-state index in [0.29, 0.717) is 17.5 Å². The second-order valence-corrected chi connectivity index (χ2v) is 7.49. The fraction of sp³-hybridized carbons (Fsp3) is 0.438. The molecule has 0 spiro atoms. The van der Waals surface area contributed by atoms with Crippen LogP contribution in [0.4, 0.5) is 5.13 Å². The molecule has 1 unspecified atom stereocenters. The zero-order chi connectivity index (χ0) is 15.8. The Labute approximate surface area is 139 Å². The molecule has 22 heavy (non-hydrogen) atoms. The summed E-state index contributed by atoms with van der Waals surface area (Å²) >= 11 is 3.07. The number of carbonyl (C=O) groups is 1. The van der Waals surface area contributed by atoms with Crippen LogP contribution >= 0.6 is 23.1 Å². The minimum absolute atomic E-state index is 0.0247. The predicted molar refractivity (Wildman–Crippen MR) is 93.2 cm³/mol. The maximum atomic E-state index is 11.9. The minimum atomic E-state index is 0.0247. The number of thioether (sulfide) groups is 1. The van der Waals surface area contributed by atoms with Crippen molar-refractivity contribution in [2.45, 2.75) is 43.2 Å². The highest BCUT2D eigenvalue weighted by Gasteiger charge is 2.11. The number of nitrogens with zero attached hydrogens (tertiary/aromatic N) is 2. The molecule has 0 saturated carbocycles. The summed E-state index contributed by atoms with van der Waals surface area (Å²) in [6.45, 7) is 4.24. The average Bonchev–Trinajstić information content (AvgIpc) is 2.93. The van der Waals surface area contributed by atoms with E-state index >= 15 is 0 Å². The summed E-state index contributed by atoms with van der Waals surface area (Å²) in [6, 6.07) is 10.2. The van der Waals surface area contributed by atoms with Gasteiger partial charge in [0, 0.05) is 12.2 Å². The van der Waals surface area contributed by atoms with Gasteiger partial charge in [-0.25, -0.2) is 0 Å². The summed E-state index contributed by atoms with van der Waals surface area (Å²) in [5, 5.41) is 11.6. The first-order chi connectivity index (χ1) is 10.7. The number of rotatable bonds is 8. The van der Waals surface area contributed by atoms with E-state index in [2.05, 4.69) is 41.5 Å². The molecular weight excluding hydrogens is 314 g/mol. The molecule has 1 heterocycles. The van der Waals surface area contributed by atoms with Gasteiger partial charge in [0.15, 0.2) is 4.34 Å². The van der Waals surface area contributed by atoms with Crippen LogP contribution in [0.5, 0.6) is 0 Å². The molecule has 0 aliphatic rings. The number of carbonyl (C=O) groups excluding carboxylic acids is 1. The molecule has 1 atom stereocenters. The van der Waals surface area contributed by atoms with Crippen LogP contribution in [0.15, 0.2) is 34.7 Å². The lowest BCUT2D eigenvalue weighted by Crippen LogP contribution is -2.14. The number of amides is 1. The first kappa shape index (κ1) is 17.0. The van der Waals surface area contributed by atoms with Gasteiger partial charge in [-0.3, -0.25) is 4.79 Å². The van der Waals surface area contributed by atoms with Crippen LogP contribution in [0, 0.1) is 5.92 Å². The Kier molecular flexibility index (Phi) is 6.86. The predicted octanol–water partition coefficient (Wildman–Crippen LogP) is 4.60. The fourth-order valence-corrected chi connectivity index (χ4v) is 3.84. The van der Waals surface area contributed by atoms with Crippen molar-refractivity contribution < 1.29 is 4.79 Å². The number of hydrogen-bond donors (Lipinski definition) is 1. The fourth-order valence-electron chi connectivity index (χ4n) is 2.12. The van der Waals surface area contributed by atoms with E-state index < -0.39 is 0 Å². The molecule has 0 aliphatic carbocycles. The van der Waals surface area contributed by atoms with E-state index in [1.54, 1.807) is 11.8 Å². The first-order valence-corrected chi connectivity index (χ1v) is 9.27. The molecule has 1 aromatic heterocycles. The average molecular weight is 335 g/mol. The Hall–Kier alpha value is -1.40. The maximum Gasteiger partial charge on any atom is 0.226 e. The second-order valence-electron chi connectivity index (χ2n) is 5.29. The largest absolute Gasteiger partial charge is 0.300 e. The van der Waals surface area contributed by atoms with Gasteiger partial charge in [0.2, 0.25) is 11.0 Å². The van der Waals surface area contributed by atoms with Crippen LogP contribution in [0.1, 0.15) is 38.7 Å². The standard InChI is InChI=1S/C16H21N3OS2/c1-3-7-12(2)10-14(20)17-15-18-19-16(22-15)21-11-13-8-5-4-6-9-13/h4-6,8-9,12H,3,7,10-11H2,1-2H3,(H,17,18,20). The molecule has 6 heteroatoms. The summed E-state index contributed by atoms with van der Waals surface area (Å²) in [6.07, 6.45) is 2.72. The van der Waals surface area contributed by atoms with Crippen LogP contribution in [0.2, 0.25) is 0 Å². The molecule has 1 N–H and O–H groups in total. The monoisotopic (exact) mass is 335 g/mol. The van der Waals surface area contributed by atoms with Gasteiger partial charge in [-0.15, -0.1) is 10.2 Å². The van der Waals surface area contributed by atoms with Gasteiger partial charge in [-0.2, -0.15) is 0 Å². The SMILES string of the molecule is CCCC(C)CC(=O)Nc1nnc(SCc2ccccc2)s1. The molecular formula is C16H21N3OS2. The number of hydrogen-bond acceptors (Lipinski definition) is 5. The minimum Gasteiger partial charge on any atom is -0.300 e. The van der Waals surface area contributed by atoms with Gasteiger partial charge in [0.1, 0.15) is 0 Å². The van der Waals surface area contributed by atoms with Crippen LogP contribution in [0.3, 0.4) is 0 Å².